The molecule has 4 aromatic rings. The number of nitrogens with zero attached hydrogens (tertiary/aromatic N) is 2. The van der Waals surface area contributed by atoms with Crippen LogP contribution in [-0.2, 0) is 12.8 Å². The number of benzene rings is 3. The predicted octanol–water partition coefficient (Wildman–Crippen LogP) is 3.81. The van der Waals surface area contributed by atoms with Crippen LogP contribution < -0.4 is 10.2 Å². The number of hydrogen-bond donors (Lipinski definition) is 3. The highest BCUT2D eigenvalue weighted by molar-refractivity contribution is 6.02. The van der Waals surface area contributed by atoms with Gasteiger partial charge in [-0.2, -0.15) is 10.2 Å². The molecule has 1 heterocycles. The van der Waals surface area contributed by atoms with Crippen LogP contribution in [-0.4, -0.2) is 34.5 Å². The van der Waals surface area contributed by atoms with Crippen LogP contribution in [0, 0.1) is 0 Å². The van der Waals surface area contributed by atoms with E-state index in [0.29, 0.717) is 22.7 Å². The molecule has 0 bridgehead atoms. The van der Waals surface area contributed by atoms with E-state index in [1.165, 1.54) is 29.8 Å². The first kappa shape index (κ1) is 18.9. The van der Waals surface area contributed by atoms with Crippen LogP contribution in [0.1, 0.15) is 27.2 Å². The van der Waals surface area contributed by atoms with Gasteiger partial charge in [-0.05, 0) is 52.9 Å². The average molecular weight is 412 g/mol. The topological polar surface area (TPSA) is 99.6 Å². The molecule has 1 aliphatic rings. The lowest BCUT2D eigenvalue weighted by Crippen LogP contribution is -2.18. The fourth-order valence-corrected chi connectivity index (χ4v) is 4.08. The lowest BCUT2D eigenvalue weighted by atomic mass is 9.98. The molecule has 1 aromatic heterocycles. The predicted molar refractivity (Wildman–Crippen MR) is 119 cm³/mol. The van der Waals surface area contributed by atoms with E-state index >= 15 is 0 Å². The SMILES string of the molecule is COc1cccc(/C=N\NC(=O)c2cc(-c3ccc4c5c(cccc35)CC4)n[nH]2)c1O. The first-order valence-electron chi connectivity index (χ1n) is 9.94. The van der Waals surface area contributed by atoms with Gasteiger partial charge in [-0.25, -0.2) is 5.43 Å². The molecule has 0 unspecified atom stereocenters. The molecule has 31 heavy (non-hydrogen) atoms. The van der Waals surface area contributed by atoms with Crippen LogP contribution in [0.25, 0.3) is 22.0 Å². The molecule has 3 aromatic carbocycles. The van der Waals surface area contributed by atoms with Crippen LogP contribution >= 0.6 is 0 Å². The zero-order valence-corrected chi connectivity index (χ0v) is 16.8. The van der Waals surface area contributed by atoms with Gasteiger partial charge in [-0.15, -0.1) is 0 Å². The van der Waals surface area contributed by atoms with Gasteiger partial charge in [0.1, 0.15) is 5.69 Å². The number of hydrazone groups is 1. The number of aromatic amines is 1. The van der Waals surface area contributed by atoms with Crippen molar-refractivity contribution in [3.05, 3.63) is 77.0 Å². The maximum absolute atomic E-state index is 12.5. The molecule has 0 radical (unpaired) electrons. The number of methoxy groups -OCH3 is 1. The third-order valence-electron chi connectivity index (χ3n) is 5.60. The van der Waals surface area contributed by atoms with E-state index in [0.717, 1.165) is 23.8 Å². The molecule has 1 amide bonds. The molecule has 0 saturated heterocycles. The first-order valence-corrected chi connectivity index (χ1v) is 9.94. The van der Waals surface area contributed by atoms with Crippen molar-refractivity contribution in [3.8, 4) is 22.8 Å². The lowest BCUT2D eigenvalue weighted by Gasteiger charge is -2.06. The number of carbonyl (C=O) groups excluding carboxylic acids is 1. The summed E-state index contributed by atoms with van der Waals surface area (Å²) in [7, 11) is 1.47. The second-order valence-electron chi connectivity index (χ2n) is 7.38. The van der Waals surface area contributed by atoms with Gasteiger partial charge in [0.15, 0.2) is 11.5 Å². The molecule has 3 N–H and O–H groups in total. The molecular formula is C24H20N4O3. The minimum absolute atomic E-state index is 0.0427. The molecule has 0 aliphatic heterocycles. The number of carbonyl (C=O) groups is 1. The molecule has 0 atom stereocenters. The number of aromatic hydroxyl groups is 1. The number of phenolic OH excluding ortho intramolecular Hbond substituents is 1. The number of amides is 1. The van der Waals surface area contributed by atoms with Crippen LogP contribution in [0.3, 0.4) is 0 Å². The summed E-state index contributed by atoms with van der Waals surface area (Å²) in [5, 5.41) is 23.6. The van der Waals surface area contributed by atoms with Crippen LogP contribution in [0.2, 0.25) is 0 Å². The Balaban J connectivity index is 1.37. The highest BCUT2D eigenvalue weighted by atomic mass is 16.5. The van der Waals surface area contributed by atoms with Gasteiger partial charge in [0.25, 0.3) is 5.91 Å². The Hall–Kier alpha value is -4.13. The summed E-state index contributed by atoms with van der Waals surface area (Å²) in [5.41, 5.74) is 7.59. The Morgan fingerprint density at radius 1 is 1.16 bits per heavy atom. The molecule has 0 spiro atoms. The lowest BCUT2D eigenvalue weighted by molar-refractivity contribution is 0.0950. The number of nitrogens with one attached hydrogen (secondary N) is 2. The number of para-hydroxylation sites is 1. The Bertz CT molecular complexity index is 1330. The van der Waals surface area contributed by atoms with Gasteiger partial charge in [0, 0.05) is 11.1 Å². The summed E-state index contributed by atoms with van der Waals surface area (Å²) in [5.74, 6) is -0.138. The largest absolute Gasteiger partial charge is 0.504 e. The quantitative estimate of drug-likeness (QED) is 0.343. The molecule has 0 fully saturated rings. The third kappa shape index (κ3) is 3.30. The van der Waals surface area contributed by atoms with Gasteiger partial charge in [0.2, 0.25) is 0 Å². The summed E-state index contributed by atoms with van der Waals surface area (Å²) >= 11 is 0. The van der Waals surface area contributed by atoms with Crippen molar-refractivity contribution in [3.63, 3.8) is 0 Å². The number of hydrogen-bond acceptors (Lipinski definition) is 5. The number of ether oxygens (including phenoxy) is 1. The van der Waals surface area contributed by atoms with Crippen molar-refractivity contribution < 1.29 is 14.6 Å². The Morgan fingerprint density at radius 3 is 2.81 bits per heavy atom. The number of aryl methyl sites for hydroxylation is 2. The second kappa shape index (κ2) is 7.60. The van der Waals surface area contributed by atoms with Crippen molar-refractivity contribution >= 4 is 22.9 Å². The van der Waals surface area contributed by atoms with Crippen molar-refractivity contribution in [2.24, 2.45) is 5.10 Å². The summed E-state index contributed by atoms with van der Waals surface area (Å²) in [6.07, 6.45) is 3.48. The molecule has 7 heteroatoms. The van der Waals surface area contributed by atoms with E-state index in [1.54, 1.807) is 24.3 Å². The monoisotopic (exact) mass is 412 g/mol. The fraction of sp³-hybridized carbons (Fsp3) is 0.125. The third-order valence-corrected chi connectivity index (χ3v) is 5.60. The Kier molecular flexibility index (Phi) is 4.63. The van der Waals surface area contributed by atoms with E-state index in [4.69, 9.17) is 4.74 Å². The second-order valence-corrected chi connectivity index (χ2v) is 7.38. The van der Waals surface area contributed by atoms with E-state index < -0.39 is 5.91 Å². The van der Waals surface area contributed by atoms with Crippen molar-refractivity contribution in [1.82, 2.24) is 15.6 Å². The maximum Gasteiger partial charge on any atom is 0.289 e. The fourth-order valence-electron chi connectivity index (χ4n) is 4.08. The average Bonchev–Trinajstić information content (AvgIpc) is 3.44. The summed E-state index contributed by atoms with van der Waals surface area (Å²) in [4.78, 5) is 12.5. The molecule has 0 saturated carbocycles. The van der Waals surface area contributed by atoms with Crippen molar-refractivity contribution in [1.29, 1.82) is 0 Å². The Labute approximate surface area is 178 Å². The standard InChI is InChI=1S/C24H20N4O3/c1-31-21-7-3-5-16(23(21)29)13-25-28-24(30)20-12-19(26-27-20)17-11-10-15-9-8-14-4-2-6-18(17)22(14)15/h2-7,10-13,29H,8-9H2,1H3,(H,26,27)(H,28,30)/b25-13-. The molecule has 1 aliphatic carbocycles. The van der Waals surface area contributed by atoms with Crippen LogP contribution in [0.5, 0.6) is 11.5 Å². The highest BCUT2D eigenvalue weighted by Gasteiger charge is 2.18. The van der Waals surface area contributed by atoms with E-state index in [2.05, 4.69) is 51.1 Å². The molecule has 154 valence electrons. The van der Waals surface area contributed by atoms with Crippen LogP contribution in [0.4, 0.5) is 0 Å². The summed E-state index contributed by atoms with van der Waals surface area (Å²) in [6.45, 7) is 0. The smallest absolute Gasteiger partial charge is 0.289 e. The van der Waals surface area contributed by atoms with E-state index in [1.807, 2.05) is 0 Å². The van der Waals surface area contributed by atoms with E-state index in [-0.39, 0.29) is 5.75 Å². The summed E-state index contributed by atoms with van der Waals surface area (Å²) in [6, 6.07) is 17.3. The zero-order valence-electron chi connectivity index (χ0n) is 16.8. The van der Waals surface area contributed by atoms with Crippen molar-refractivity contribution in [2.45, 2.75) is 12.8 Å². The van der Waals surface area contributed by atoms with E-state index in [9.17, 15) is 9.90 Å². The van der Waals surface area contributed by atoms with Crippen LogP contribution in [0.15, 0.2) is 59.7 Å². The Morgan fingerprint density at radius 2 is 1.97 bits per heavy atom. The molecule has 7 nitrogen and oxygen atoms in total. The minimum Gasteiger partial charge on any atom is -0.504 e. The minimum atomic E-state index is -0.427. The number of phenols is 1. The summed E-state index contributed by atoms with van der Waals surface area (Å²) < 4.78 is 5.06. The van der Waals surface area contributed by atoms with Gasteiger partial charge in [0.05, 0.1) is 19.0 Å². The van der Waals surface area contributed by atoms with Gasteiger partial charge < -0.3 is 9.84 Å². The maximum atomic E-state index is 12.5. The number of aromatic nitrogens is 2. The number of rotatable bonds is 5. The van der Waals surface area contributed by atoms with Gasteiger partial charge in [-0.1, -0.05) is 36.4 Å². The number of H-pyrrole nitrogens is 1. The zero-order chi connectivity index (χ0) is 21.4. The molecular weight excluding hydrogens is 392 g/mol. The van der Waals surface area contributed by atoms with Crippen molar-refractivity contribution in [2.75, 3.05) is 7.11 Å². The first-order chi connectivity index (χ1) is 15.2. The highest BCUT2D eigenvalue weighted by Crippen LogP contribution is 2.36. The van der Waals surface area contributed by atoms with Gasteiger partial charge in [-0.3, -0.25) is 9.89 Å². The molecule has 5 rings (SSSR count). The van der Waals surface area contributed by atoms with Gasteiger partial charge >= 0.3 is 0 Å². The normalized spacial score (nSPS) is 12.5.